The number of benzene rings is 2. The molecule has 9 nitrogen and oxygen atoms in total. The largest absolute Gasteiger partial charge is 0.336 e. The van der Waals surface area contributed by atoms with Crippen LogP contribution >= 0.6 is 11.3 Å². The molecule has 0 aliphatic carbocycles. The number of anilines is 1. The van der Waals surface area contributed by atoms with Gasteiger partial charge in [0.25, 0.3) is 11.8 Å². The minimum atomic E-state index is -3.30. The zero-order valence-electron chi connectivity index (χ0n) is 21.0. The Hall–Kier alpha value is -3.80. The number of aromatic nitrogens is 2. The van der Waals surface area contributed by atoms with E-state index in [0.717, 1.165) is 27.7 Å². The standard InChI is InChI=1S/C27H27N5O4S2/c1-18-11-16-37-25(18)26(33)28-24-17-20(27(34)31-12-14-32(15-13-31)38(2,35)36)8-7-19(24)9-10-23-21-5-3-4-6-22(21)29-30-23/h3-11,16-17H,12-15H2,1-2H3,(H,28,33)(H,29,30). The summed E-state index contributed by atoms with van der Waals surface area (Å²) in [6.07, 6.45) is 4.90. The third-order valence-electron chi connectivity index (χ3n) is 6.53. The van der Waals surface area contributed by atoms with Gasteiger partial charge < -0.3 is 10.2 Å². The Morgan fingerprint density at radius 2 is 1.82 bits per heavy atom. The molecule has 2 aromatic carbocycles. The summed E-state index contributed by atoms with van der Waals surface area (Å²) in [5, 5.41) is 13.2. The molecule has 1 aliphatic heterocycles. The molecule has 0 bridgehead atoms. The monoisotopic (exact) mass is 549 g/mol. The summed E-state index contributed by atoms with van der Waals surface area (Å²) in [6, 6.07) is 14.9. The van der Waals surface area contributed by atoms with Crippen LogP contribution in [0.25, 0.3) is 23.1 Å². The van der Waals surface area contributed by atoms with Gasteiger partial charge in [0.15, 0.2) is 0 Å². The van der Waals surface area contributed by atoms with E-state index in [-0.39, 0.29) is 24.9 Å². The highest BCUT2D eigenvalue weighted by molar-refractivity contribution is 7.88. The van der Waals surface area contributed by atoms with Crippen LogP contribution in [0.5, 0.6) is 0 Å². The van der Waals surface area contributed by atoms with E-state index in [1.54, 1.807) is 23.1 Å². The van der Waals surface area contributed by atoms with E-state index < -0.39 is 10.0 Å². The van der Waals surface area contributed by atoms with E-state index in [9.17, 15) is 18.0 Å². The third kappa shape index (κ3) is 5.40. The fourth-order valence-corrected chi connectivity index (χ4v) is 6.06. The maximum absolute atomic E-state index is 13.3. The second-order valence-electron chi connectivity index (χ2n) is 9.13. The molecule has 3 heterocycles. The van der Waals surface area contributed by atoms with Crippen LogP contribution in [-0.2, 0) is 10.0 Å². The van der Waals surface area contributed by atoms with Gasteiger partial charge in [0.2, 0.25) is 10.0 Å². The predicted molar refractivity (Wildman–Crippen MR) is 151 cm³/mol. The van der Waals surface area contributed by atoms with Crippen molar-refractivity contribution in [1.29, 1.82) is 0 Å². The van der Waals surface area contributed by atoms with Crippen molar-refractivity contribution in [1.82, 2.24) is 19.4 Å². The number of hydrogen-bond acceptors (Lipinski definition) is 6. The number of aromatic amines is 1. The van der Waals surface area contributed by atoms with Crippen LogP contribution in [0, 0.1) is 6.92 Å². The lowest BCUT2D eigenvalue weighted by atomic mass is 10.1. The number of piperazine rings is 1. The van der Waals surface area contributed by atoms with Gasteiger partial charge in [-0.25, -0.2) is 8.42 Å². The second kappa shape index (κ2) is 10.5. The first-order valence-electron chi connectivity index (χ1n) is 12.1. The van der Waals surface area contributed by atoms with Crippen LogP contribution in [-0.4, -0.2) is 72.1 Å². The molecular weight excluding hydrogens is 522 g/mol. The van der Waals surface area contributed by atoms with Crippen LogP contribution in [0.1, 0.15) is 36.9 Å². The summed E-state index contributed by atoms with van der Waals surface area (Å²) in [5.74, 6) is -0.460. The first-order valence-corrected chi connectivity index (χ1v) is 14.8. The quantitative estimate of drug-likeness (QED) is 0.376. The summed E-state index contributed by atoms with van der Waals surface area (Å²) in [5.41, 5.74) is 4.20. The highest BCUT2D eigenvalue weighted by Crippen LogP contribution is 2.26. The van der Waals surface area contributed by atoms with Crippen molar-refractivity contribution in [2.45, 2.75) is 6.92 Å². The fourth-order valence-electron chi connectivity index (χ4n) is 4.41. The van der Waals surface area contributed by atoms with Crippen LogP contribution in [0.2, 0.25) is 0 Å². The molecule has 11 heteroatoms. The molecule has 2 aromatic heterocycles. The molecule has 0 saturated carbocycles. The number of hydrogen-bond donors (Lipinski definition) is 2. The SMILES string of the molecule is Cc1ccsc1C(=O)Nc1cc(C(=O)N2CCN(S(C)(=O)=O)CC2)ccc1C=Cc1n[nH]c2ccccc12. The summed E-state index contributed by atoms with van der Waals surface area (Å²) >= 11 is 1.36. The number of nitrogens with one attached hydrogen (secondary N) is 2. The molecule has 4 aromatic rings. The normalized spacial score (nSPS) is 14.8. The number of aryl methyl sites for hydroxylation is 1. The average molecular weight is 550 g/mol. The molecule has 196 valence electrons. The van der Waals surface area contributed by atoms with Crippen molar-refractivity contribution in [3.63, 3.8) is 0 Å². The Bertz CT molecular complexity index is 1650. The highest BCUT2D eigenvalue weighted by atomic mass is 32.2. The van der Waals surface area contributed by atoms with Crippen molar-refractivity contribution in [3.8, 4) is 0 Å². The van der Waals surface area contributed by atoms with Crippen molar-refractivity contribution >= 4 is 61.9 Å². The number of fused-ring (bicyclic) bond motifs is 1. The maximum Gasteiger partial charge on any atom is 0.266 e. The van der Waals surface area contributed by atoms with Gasteiger partial charge in [-0.15, -0.1) is 11.3 Å². The number of rotatable bonds is 6. The summed E-state index contributed by atoms with van der Waals surface area (Å²) < 4.78 is 25.0. The third-order valence-corrected chi connectivity index (χ3v) is 8.85. The lowest BCUT2D eigenvalue weighted by Gasteiger charge is -2.33. The van der Waals surface area contributed by atoms with E-state index in [1.807, 2.05) is 54.8 Å². The molecule has 0 atom stereocenters. The molecular formula is C27H27N5O4S2. The van der Waals surface area contributed by atoms with Crippen molar-refractivity contribution in [2.75, 3.05) is 37.8 Å². The van der Waals surface area contributed by atoms with E-state index in [4.69, 9.17) is 0 Å². The molecule has 2 amide bonds. The predicted octanol–water partition coefficient (Wildman–Crippen LogP) is 4.07. The molecule has 1 fully saturated rings. The van der Waals surface area contributed by atoms with E-state index >= 15 is 0 Å². The average Bonchev–Trinajstić information content (AvgIpc) is 3.53. The molecule has 38 heavy (non-hydrogen) atoms. The number of thiophene rings is 1. The Morgan fingerprint density at radius 1 is 1.05 bits per heavy atom. The Balaban J connectivity index is 1.43. The molecule has 0 radical (unpaired) electrons. The zero-order chi connectivity index (χ0) is 26.9. The molecule has 1 saturated heterocycles. The van der Waals surface area contributed by atoms with E-state index in [0.29, 0.717) is 29.2 Å². The van der Waals surface area contributed by atoms with Crippen molar-refractivity contribution in [2.24, 2.45) is 0 Å². The van der Waals surface area contributed by atoms with Gasteiger partial charge in [0.05, 0.1) is 22.3 Å². The van der Waals surface area contributed by atoms with Crippen LogP contribution < -0.4 is 5.32 Å². The fraction of sp³-hybridized carbons (Fsp3) is 0.222. The highest BCUT2D eigenvalue weighted by Gasteiger charge is 2.27. The van der Waals surface area contributed by atoms with Crippen molar-refractivity contribution < 1.29 is 18.0 Å². The van der Waals surface area contributed by atoms with Crippen LogP contribution in [0.4, 0.5) is 5.69 Å². The van der Waals surface area contributed by atoms with Crippen molar-refractivity contribution in [3.05, 3.63) is 81.2 Å². The number of amides is 2. The van der Waals surface area contributed by atoms with E-state index in [1.165, 1.54) is 21.9 Å². The van der Waals surface area contributed by atoms with Gasteiger partial charge in [0, 0.05) is 42.8 Å². The Kier molecular flexibility index (Phi) is 7.15. The number of sulfonamides is 1. The summed E-state index contributed by atoms with van der Waals surface area (Å²) in [7, 11) is -3.30. The smallest absolute Gasteiger partial charge is 0.266 e. The molecule has 0 unspecified atom stereocenters. The number of carbonyl (C=O) groups excluding carboxylic acids is 2. The lowest BCUT2D eigenvalue weighted by Crippen LogP contribution is -2.50. The Labute approximate surface area is 224 Å². The minimum absolute atomic E-state index is 0.213. The van der Waals surface area contributed by atoms with Crippen LogP contribution in [0.3, 0.4) is 0 Å². The molecule has 1 aliphatic rings. The second-order valence-corrected chi connectivity index (χ2v) is 12.0. The number of carbonyl (C=O) groups is 2. The molecule has 5 rings (SSSR count). The maximum atomic E-state index is 13.3. The van der Waals surface area contributed by atoms with Gasteiger partial charge in [-0.2, -0.15) is 9.40 Å². The summed E-state index contributed by atoms with van der Waals surface area (Å²) in [6.45, 7) is 2.99. The molecule has 2 N–H and O–H groups in total. The lowest BCUT2D eigenvalue weighted by molar-refractivity contribution is 0.0698. The first-order chi connectivity index (χ1) is 18.2. The van der Waals surface area contributed by atoms with Crippen LogP contribution in [0.15, 0.2) is 53.9 Å². The molecule has 0 spiro atoms. The first kappa shape index (κ1) is 25.8. The Morgan fingerprint density at radius 3 is 2.53 bits per heavy atom. The van der Waals surface area contributed by atoms with Gasteiger partial charge in [-0.1, -0.05) is 30.3 Å². The van der Waals surface area contributed by atoms with Gasteiger partial charge in [-0.05, 0) is 53.8 Å². The number of nitrogens with zero attached hydrogens (tertiary/aromatic N) is 3. The topological polar surface area (TPSA) is 115 Å². The van der Waals surface area contributed by atoms with E-state index in [2.05, 4.69) is 15.5 Å². The minimum Gasteiger partial charge on any atom is -0.336 e. The zero-order valence-corrected chi connectivity index (χ0v) is 22.6. The van der Waals surface area contributed by atoms with Gasteiger partial charge in [0.1, 0.15) is 0 Å². The number of para-hydroxylation sites is 1. The number of H-pyrrole nitrogens is 1. The summed E-state index contributed by atoms with van der Waals surface area (Å²) in [4.78, 5) is 28.6. The van der Waals surface area contributed by atoms with Gasteiger partial charge >= 0.3 is 0 Å². The van der Waals surface area contributed by atoms with Gasteiger partial charge in [-0.3, -0.25) is 14.7 Å².